The molecule has 10 heteroatoms. The number of amides is 1. The molecule has 2 heterocycles. The molecule has 0 aliphatic carbocycles. The number of nitrogens with one attached hydrogen (secondary N) is 1. The van der Waals surface area contributed by atoms with Gasteiger partial charge in [-0.15, -0.1) is 0 Å². The quantitative estimate of drug-likeness (QED) is 0.711. The SMILES string of the molecule is Cn1nnnc1NC(=O)Oc1nc2ccccc2n(C)c1=O. The maximum Gasteiger partial charge on any atom is 0.421 e. The van der Waals surface area contributed by atoms with E-state index >= 15 is 0 Å². The van der Waals surface area contributed by atoms with Crippen molar-refractivity contribution in [2.45, 2.75) is 0 Å². The molecule has 22 heavy (non-hydrogen) atoms. The molecule has 3 rings (SSSR count). The molecular weight excluding hydrogens is 290 g/mol. The predicted molar refractivity (Wildman–Crippen MR) is 75.4 cm³/mol. The number of hydrogen-bond acceptors (Lipinski definition) is 7. The second kappa shape index (κ2) is 5.24. The zero-order valence-corrected chi connectivity index (χ0v) is 11.7. The zero-order valence-electron chi connectivity index (χ0n) is 11.7. The highest BCUT2D eigenvalue weighted by Crippen LogP contribution is 2.12. The first-order valence-electron chi connectivity index (χ1n) is 6.23. The number of anilines is 1. The number of aryl methyl sites for hydroxylation is 2. The minimum Gasteiger partial charge on any atom is -0.385 e. The topological polar surface area (TPSA) is 117 Å². The standard InChI is InChI=1S/C12H11N7O3/c1-18-8-6-4-3-5-7(8)13-9(10(18)20)22-12(21)14-11-15-16-17-19(11)2/h3-6H,1-2H3,(H,14,15,17,21). The number of para-hydroxylation sites is 2. The van der Waals surface area contributed by atoms with Crippen LogP contribution in [0.1, 0.15) is 0 Å². The predicted octanol–water partition coefficient (Wildman–Crippen LogP) is 0.0679. The second-order valence-electron chi connectivity index (χ2n) is 4.41. The average Bonchev–Trinajstić information content (AvgIpc) is 2.90. The molecule has 0 saturated heterocycles. The van der Waals surface area contributed by atoms with Gasteiger partial charge in [0.15, 0.2) is 0 Å². The maximum atomic E-state index is 12.1. The van der Waals surface area contributed by atoms with E-state index in [9.17, 15) is 9.59 Å². The van der Waals surface area contributed by atoms with Crippen LogP contribution in [0.25, 0.3) is 11.0 Å². The Morgan fingerprint density at radius 1 is 1.27 bits per heavy atom. The van der Waals surface area contributed by atoms with Gasteiger partial charge in [-0.1, -0.05) is 17.2 Å². The van der Waals surface area contributed by atoms with Crippen molar-refractivity contribution in [1.82, 2.24) is 29.8 Å². The van der Waals surface area contributed by atoms with Crippen molar-refractivity contribution in [2.24, 2.45) is 14.1 Å². The highest BCUT2D eigenvalue weighted by molar-refractivity contribution is 5.84. The Morgan fingerprint density at radius 2 is 2.05 bits per heavy atom. The third-order valence-corrected chi connectivity index (χ3v) is 2.98. The third kappa shape index (κ3) is 2.37. The highest BCUT2D eigenvalue weighted by atomic mass is 16.6. The summed E-state index contributed by atoms with van der Waals surface area (Å²) in [4.78, 5) is 28.0. The van der Waals surface area contributed by atoms with Gasteiger partial charge >= 0.3 is 11.7 Å². The maximum absolute atomic E-state index is 12.1. The highest BCUT2D eigenvalue weighted by Gasteiger charge is 2.15. The minimum absolute atomic E-state index is 0.0858. The number of aromatic nitrogens is 6. The van der Waals surface area contributed by atoms with E-state index < -0.39 is 11.7 Å². The average molecular weight is 301 g/mol. The Labute approximate surface area is 123 Å². The Balaban J connectivity index is 1.91. The summed E-state index contributed by atoms with van der Waals surface area (Å²) in [6.45, 7) is 0. The lowest BCUT2D eigenvalue weighted by Crippen LogP contribution is -2.27. The van der Waals surface area contributed by atoms with Gasteiger partial charge in [0.2, 0.25) is 0 Å². The van der Waals surface area contributed by atoms with Gasteiger partial charge < -0.3 is 9.30 Å². The van der Waals surface area contributed by atoms with Crippen LogP contribution >= 0.6 is 0 Å². The van der Waals surface area contributed by atoms with Crippen molar-refractivity contribution in [2.75, 3.05) is 5.32 Å². The third-order valence-electron chi connectivity index (χ3n) is 2.98. The zero-order chi connectivity index (χ0) is 15.7. The van der Waals surface area contributed by atoms with Gasteiger partial charge in [-0.25, -0.2) is 14.5 Å². The Morgan fingerprint density at radius 3 is 2.77 bits per heavy atom. The van der Waals surface area contributed by atoms with Crippen LogP contribution in [0, 0.1) is 0 Å². The number of carbonyl (C=O) groups is 1. The second-order valence-corrected chi connectivity index (χ2v) is 4.41. The monoisotopic (exact) mass is 301 g/mol. The lowest BCUT2D eigenvalue weighted by molar-refractivity contribution is 0.212. The molecule has 10 nitrogen and oxygen atoms in total. The first-order chi connectivity index (χ1) is 10.6. The molecule has 0 spiro atoms. The molecule has 3 aromatic rings. The summed E-state index contributed by atoms with van der Waals surface area (Å²) in [7, 11) is 3.12. The minimum atomic E-state index is -0.905. The van der Waals surface area contributed by atoms with Crippen molar-refractivity contribution < 1.29 is 9.53 Å². The molecular formula is C12H11N7O3. The van der Waals surface area contributed by atoms with Crippen LogP contribution in [0.4, 0.5) is 10.7 Å². The summed E-state index contributed by atoms with van der Waals surface area (Å²) in [5, 5.41) is 12.8. The van der Waals surface area contributed by atoms with E-state index in [2.05, 4.69) is 25.8 Å². The van der Waals surface area contributed by atoms with Crippen molar-refractivity contribution in [3.8, 4) is 5.88 Å². The van der Waals surface area contributed by atoms with Gasteiger partial charge in [0.25, 0.3) is 11.8 Å². The Hall–Kier alpha value is -3.30. The van der Waals surface area contributed by atoms with Crippen molar-refractivity contribution in [3.05, 3.63) is 34.6 Å². The molecule has 112 valence electrons. The Kier molecular flexibility index (Phi) is 3.26. The molecule has 0 fully saturated rings. The van der Waals surface area contributed by atoms with Crippen molar-refractivity contribution in [1.29, 1.82) is 0 Å². The number of hydrogen-bond donors (Lipinski definition) is 1. The fourth-order valence-corrected chi connectivity index (χ4v) is 1.86. The first-order valence-corrected chi connectivity index (χ1v) is 6.23. The van der Waals surface area contributed by atoms with Gasteiger partial charge in [-0.2, -0.15) is 0 Å². The fourth-order valence-electron chi connectivity index (χ4n) is 1.86. The summed E-state index contributed by atoms with van der Waals surface area (Å²) in [6.07, 6.45) is -0.905. The number of carbonyl (C=O) groups excluding carboxylic acids is 1. The van der Waals surface area contributed by atoms with E-state index in [0.29, 0.717) is 11.0 Å². The summed E-state index contributed by atoms with van der Waals surface area (Å²) < 4.78 is 7.56. The summed E-state index contributed by atoms with van der Waals surface area (Å²) in [6, 6.07) is 7.03. The number of nitrogens with zero attached hydrogens (tertiary/aromatic N) is 6. The molecule has 0 aliphatic rings. The number of benzene rings is 1. The first kappa shape index (κ1) is 13.7. The van der Waals surface area contributed by atoms with Crippen LogP contribution in [0.3, 0.4) is 0 Å². The van der Waals surface area contributed by atoms with Crippen LogP contribution in [-0.4, -0.2) is 35.9 Å². The normalized spacial score (nSPS) is 10.6. The largest absolute Gasteiger partial charge is 0.421 e. The van der Waals surface area contributed by atoms with E-state index in [0.717, 1.165) is 0 Å². The van der Waals surface area contributed by atoms with Crippen molar-refractivity contribution >= 4 is 23.1 Å². The number of ether oxygens (including phenoxy) is 1. The molecule has 0 aliphatic heterocycles. The van der Waals surface area contributed by atoms with Crippen LogP contribution < -0.4 is 15.6 Å². The number of rotatable bonds is 2. The fraction of sp³-hybridized carbons (Fsp3) is 0.167. The number of tetrazole rings is 1. The van der Waals surface area contributed by atoms with Gasteiger partial charge in [0.05, 0.1) is 11.0 Å². The molecule has 1 N–H and O–H groups in total. The van der Waals surface area contributed by atoms with E-state index in [4.69, 9.17) is 4.74 Å². The van der Waals surface area contributed by atoms with E-state index in [1.165, 1.54) is 9.25 Å². The lowest BCUT2D eigenvalue weighted by Gasteiger charge is -2.08. The van der Waals surface area contributed by atoms with Crippen LogP contribution in [-0.2, 0) is 14.1 Å². The van der Waals surface area contributed by atoms with Gasteiger partial charge in [-0.05, 0) is 22.6 Å². The molecule has 0 radical (unpaired) electrons. The molecule has 0 saturated carbocycles. The van der Waals surface area contributed by atoms with E-state index in [-0.39, 0.29) is 11.8 Å². The molecule has 1 aromatic carbocycles. The molecule has 0 unspecified atom stereocenters. The molecule has 0 bridgehead atoms. The molecule has 1 amide bonds. The Bertz CT molecular complexity index is 914. The van der Waals surface area contributed by atoms with E-state index in [1.54, 1.807) is 38.4 Å². The van der Waals surface area contributed by atoms with Crippen LogP contribution in [0.15, 0.2) is 29.1 Å². The summed E-state index contributed by atoms with van der Waals surface area (Å²) in [5.41, 5.74) is 0.649. The van der Waals surface area contributed by atoms with Crippen LogP contribution in [0.2, 0.25) is 0 Å². The summed E-state index contributed by atoms with van der Waals surface area (Å²) >= 11 is 0. The molecule has 0 atom stereocenters. The van der Waals surface area contributed by atoms with Crippen LogP contribution in [0.5, 0.6) is 5.88 Å². The smallest absolute Gasteiger partial charge is 0.385 e. The van der Waals surface area contributed by atoms with Gasteiger partial charge in [-0.3, -0.25) is 10.1 Å². The molecule has 2 aromatic heterocycles. The van der Waals surface area contributed by atoms with Gasteiger partial charge in [0, 0.05) is 14.1 Å². The lowest BCUT2D eigenvalue weighted by atomic mass is 10.3. The van der Waals surface area contributed by atoms with Gasteiger partial charge in [0.1, 0.15) is 0 Å². The van der Waals surface area contributed by atoms with E-state index in [1.807, 2.05) is 0 Å². The summed E-state index contributed by atoms with van der Waals surface area (Å²) in [5.74, 6) is -0.239. The van der Waals surface area contributed by atoms with Crippen molar-refractivity contribution in [3.63, 3.8) is 0 Å². The number of fused-ring (bicyclic) bond motifs is 1.